The summed E-state index contributed by atoms with van der Waals surface area (Å²) in [6.07, 6.45) is 6.42. The molecule has 6 heteroatoms. The molecule has 0 aromatic heterocycles. The topological polar surface area (TPSA) is 67.8 Å². The first-order chi connectivity index (χ1) is 12.6. The lowest BCUT2D eigenvalue weighted by atomic mass is 9.86. The van der Waals surface area contributed by atoms with E-state index in [-0.39, 0.29) is 5.97 Å². The molecule has 1 aliphatic carbocycles. The van der Waals surface area contributed by atoms with Crippen molar-refractivity contribution in [2.75, 3.05) is 6.61 Å². The molecule has 2 unspecified atom stereocenters. The average molecular weight is 377 g/mol. The van der Waals surface area contributed by atoms with E-state index in [9.17, 15) is 9.59 Å². The molecule has 2 atom stereocenters. The predicted octanol–water partition coefficient (Wildman–Crippen LogP) is 4.70. The second kappa shape index (κ2) is 8.67. The van der Waals surface area contributed by atoms with Crippen molar-refractivity contribution in [3.8, 4) is 0 Å². The normalized spacial score (nSPS) is 23.9. The molecule has 5 nitrogen and oxygen atoms in total. The Kier molecular flexibility index (Phi) is 6.30. The molecule has 2 aliphatic rings. The largest absolute Gasteiger partial charge is 0.465 e. The van der Waals surface area contributed by atoms with E-state index >= 15 is 0 Å². The number of rotatable bonds is 5. The Morgan fingerprint density at radius 3 is 2.77 bits per heavy atom. The highest BCUT2D eigenvalue weighted by Gasteiger charge is 2.39. The molecule has 1 N–H and O–H groups in total. The lowest BCUT2D eigenvalue weighted by Gasteiger charge is -2.31. The second-order valence-corrected chi connectivity index (χ2v) is 7.49. The number of carbonyl (C=O) groups is 2. The Bertz CT molecular complexity index is 698. The van der Waals surface area contributed by atoms with E-state index in [1.54, 1.807) is 12.1 Å². The Balaban J connectivity index is 1.79. The second-order valence-electron chi connectivity index (χ2n) is 7.05. The van der Waals surface area contributed by atoms with Gasteiger partial charge in [0.1, 0.15) is 5.92 Å². The van der Waals surface area contributed by atoms with Crippen LogP contribution in [-0.4, -0.2) is 24.3 Å². The van der Waals surface area contributed by atoms with Gasteiger partial charge in [0.25, 0.3) is 0 Å². The minimum Gasteiger partial charge on any atom is -0.465 e. The Morgan fingerprint density at radius 1 is 1.31 bits per heavy atom. The van der Waals surface area contributed by atoms with E-state index in [0.29, 0.717) is 29.7 Å². The van der Waals surface area contributed by atoms with Crippen molar-refractivity contribution < 1.29 is 14.3 Å². The molecule has 1 aromatic rings. The number of nitrogens with zero attached hydrogens (tertiary/aromatic N) is 1. The lowest BCUT2D eigenvalue weighted by Crippen LogP contribution is -2.45. The van der Waals surface area contributed by atoms with Crippen LogP contribution in [0.15, 0.2) is 29.3 Å². The summed E-state index contributed by atoms with van der Waals surface area (Å²) < 4.78 is 5.67. The number of carbonyl (C=O) groups excluding carboxylic acids is 2. The minimum absolute atomic E-state index is 0.318. The Labute approximate surface area is 159 Å². The van der Waals surface area contributed by atoms with Crippen LogP contribution < -0.4 is 5.32 Å². The lowest BCUT2D eigenvalue weighted by molar-refractivity contribution is -0.148. The quantitative estimate of drug-likeness (QED) is 0.757. The first kappa shape index (κ1) is 18.9. The SMILES string of the molecule is CCC1=NC(=O)NC(c2cccc(Cl)c2)C1C(=O)OCC1CCCCC1. The summed E-state index contributed by atoms with van der Waals surface area (Å²) in [5, 5.41) is 3.37. The van der Waals surface area contributed by atoms with Gasteiger partial charge in [0.15, 0.2) is 0 Å². The smallest absolute Gasteiger partial charge is 0.341 e. The number of nitrogens with one attached hydrogen (secondary N) is 1. The molecule has 0 radical (unpaired) electrons. The van der Waals surface area contributed by atoms with Crippen LogP contribution in [0.5, 0.6) is 0 Å². The maximum Gasteiger partial charge on any atom is 0.341 e. The molecular weight excluding hydrogens is 352 g/mol. The first-order valence-electron chi connectivity index (χ1n) is 9.38. The van der Waals surface area contributed by atoms with Crippen LogP contribution in [0.1, 0.15) is 57.1 Å². The molecule has 1 fully saturated rings. The van der Waals surface area contributed by atoms with E-state index < -0.39 is 18.0 Å². The van der Waals surface area contributed by atoms with Gasteiger partial charge in [-0.2, -0.15) is 0 Å². The highest BCUT2D eigenvalue weighted by Crippen LogP contribution is 2.31. The maximum absolute atomic E-state index is 12.9. The number of hydrogen-bond acceptors (Lipinski definition) is 3. The average Bonchev–Trinajstić information content (AvgIpc) is 2.66. The van der Waals surface area contributed by atoms with Gasteiger partial charge < -0.3 is 10.1 Å². The summed E-state index contributed by atoms with van der Waals surface area (Å²) in [7, 11) is 0. The van der Waals surface area contributed by atoms with Gasteiger partial charge in [-0.05, 0) is 42.9 Å². The van der Waals surface area contributed by atoms with E-state index in [1.807, 2.05) is 19.1 Å². The minimum atomic E-state index is -0.611. The molecule has 2 amide bonds. The molecular formula is C20H25ClN2O3. The Hall–Kier alpha value is -1.88. The van der Waals surface area contributed by atoms with Crippen LogP contribution in [0.3, 0.4) is 0 Å². The zero-order valence-electron chi connectivity index (χ0n) is 15.0. The van der Waals surface area contributed by atoms with E-state index in [4.69, 9.17) is 16.3 Å². The summed E-state index contributed by atoms with van der Waals surface area (Å²) in [6.45, 7) is 2.34. The van der Waals surface area contributed by atoms with E-state index in [1.165, 1.54) is 19.3 Å². The maximum atomic E-state index is 12.9. The van der Waals surface area contributed by atoms with Crippen LogP contribution in [0.25, 0.3) is 0 Å². The van der Waals surface area contributed by atoms with Crippen LogP contribution in [-0.2, 0) is 9.53 Å². The van der Waals surface area contributed by atoms with E-state index in [0.717, 1.165) is 18.4 Å². The number of benzene rings is 1. The predicted molar refractivity (Wildman–Crippen MR) is 101 cm³/mol. The third-order valence-electron chi connectivity index (χ3n) is 5.23. The molecule has 1 heterocycles. The highest BCUT2D eigenvalue weighted by atomic mass is 35.5. The van der Waals surface area contributed by atoms with Gasteiger partial charge in [-0.1, -0.05) is 49.9 Å². The fourth-order valence-corrected chi connectivity index (χ4v) is 4.03. The molecule has 140 valence electrons. The van der Waals surface area contributed by atoms with Crippen molar-refractivity contribution in [2.24, 2.45) is 16.8 Å². The third kappa shape index (κ3) is 4.44. The van der Waals surface area contributed by atoms with Crippen LogP contribution >= 0.6 is 11.6 Å². The van der Waals surface area contributed by atoms with Gasteiger partial charge in [-0.15, -0.1) is 0 Å². The van der Waals surface area contributed by atoms with Gasteiger partial charge in [-0.3, -0.25) is 4.79 Å². The van der Waals surface area contributed by atoms with E-state index in [2.05, 4.69) is 10.3 Å². The van der Waals surface area contributed by atoms with Crippen molar-refractivity contribution in [2.45, 2.75) is 51.5 Å². The standard InChI is InChI=1S/C20H25ClN2O3/c1-2-16-17(19(24)26-12-13-7-4-3-5-8-13)18(23-20(25)22-16)14-9-6-10-15(21)11-14/h6,9-11,13,17-18H,2-5,7-8,12H2,1H3,(H,23,25). The molecule has 26 heavy (non-hydrogen) atoms. The summed E-state index contributed by atoms with van der Waals surface area (Å²) in [5.74, 6) is -0.488. The summed E-state index contributed by atoms with van der Waals surface area (Å²) in [5.41, 5.74) is 1.35. The van der Waals surface area contributed by atoms with Crippen LogP contribution in [0, 0.1) is 11.8 Å². The number of aliphatic imine (C=N–C) groups is 1. The fourth-order valence-electron chi connectivity index (χ4n) is 3.83. The molecule has 0 spiro atoms. The molecule has 0 bridgehead atoms. The van der Waals surface area contributed by atoms with Gasteiger partial charge in [0, 0.05) is 10.7 Å². The third-order valence-corrected chi connectivity index (χ3v) is 5.46. The Morgan fingerprint density at radius 2 is 2.08 bits per heavy atom. The molecule has 1 aromatic carbocycles. The number of hydrogen-bond donors (Lipinski definition) is 1. The highest BCUT2D eigenvalue weighted by molar-refractivity contribution is 6.30. The molecule has 0 saturated heterocycles. The summed E-state index contributed by atoms with van der Waals surface area (Å²) in [6, 6.07) is 6.27. The van der Waals surface area contributed by atoms with Crippen molar-refractivity contribution >= 4 is 29.3 Å². The van der Waals surface area contributed by atoms with Crippen molar-refractivity contribution in [3.05, 3.63) is 34.9 Å². The number of halogens is 1. The van der Waals surface area contributed by atoms with Crippen LogP contribution in [0.2, 0.25) is 5.02 Å². The number of urea groups is 1. The summed E-state index contributed by atoms with van der Waals surface area (Å²) in [4.78, 5) is 28.9. The first-order valence-corrected chi connectivity index (χ1v) is 9.76. The summed E-state index contributed by atoms with van der Waals surface area (Å²) >= 11 is 6.10. The van der Waals surface area contributed by atoms with Crippen molar-refractivity contribution in [3.63, 3.8) is 0 Å². The van der Waals surface area contributed by atoms with Crippen LogP contribution in [0.4, 0.5) is 4.79 Å². The zero-order valence-corrected chi connectivity index (χ0v) is 15.8. The number of amides is 2. The van der Waals surface area contributed by atoms with Gasteiger partial charge in [0.2, 0.25) is 0 Å². The number of ether oxygens (including phenoxy) is 1. The molecule has 1 aliphatic heterocycles. The molecule has 1 saturated carbocycles. The van der Waals surface area contributed by atoms with Gasteiger partial charge >= 0.3 is 12.0 Å². The van der Waals surface area contributed by atoms with Crippen molar-refractivity contribution in [1.29, 1.82) is 0 Å². The van der Waals surface area contributed by atoms with Gasteiger partial charge in [0.05, 0.1) is 12.6 Å². The zero-order chi connectivity index (χ0) is 18.5. The fraction of sp³-hybridized carbons (Fsp3) is 0.550. The number of esters is 1. The van der Waals surface area contributed by atoms with Gasteiger partial charge in [-0.25, -0.2) is 9.79 Å². The monoisotopic (exact) mass is 376 g/mol. The van der Waals surface area contributed by atoms with Crippen molar-refractivity contribution in [1.82, 2.24) is 5.32 Å². The molecule has 3 rings (SSSR count).